The van der Waals surface area contributed by atoms with Gasteiger partial charge in [0.2, 0.25) is 6.79 Å². The Labute approximate surface area is 147 Å². The minimum atomic E-state index is -0.539. The molecule has 0 N–H and O–H groups in total. The second-order valence-electron chi connectivity index (χ2n) is 6.48. The van der Waals surface area contributed by atoms with Crippen LogP contribution in [0.4, 0.5) is 0 Å². The Kier molecular flexibility index (Phi) is 5.26. The van der Waals surface area contributed by atoms with Crippen LogP contribution < -0.4 is 9.47 Å². The molecule has 6 nitrogen and oxygen atoms in total. The largest absolute Gasteiger partial charge is 0.454 e. The number of nitrogens with zero attached hydrogens (tertiary/aromatic N) is 1. The quantitative estimate of drug-likeness (QED) is 0.620. The zero-order chi connectivity index (χ0) is 17.8. The molecule has 0 spiro atoms. The molecule has 2 atom stereocenters. The predicted octanol–water partition coefficient (Wildman–Crippen LogP) is 2.76. The number of rotatable bonds is 4. The van der Waals surface area contributed by atoms with E-state index in [2.05, 4.69) is 0 Å². The van der Waals surface area contributed by atoms with Crippen LogP contribution in [0.25, 0.3) is 6.08 Å². The maximum absolute atomic E-state index is 12.3. The molecule has 6 heteroatoms. The molecule has 1 aromatic carbocycles. The van der Waals surface area contributed by atoms with Crippen LogP contribution in [0.15, 0.2) is 24.3 Å². The van der Waals surface area contributed by atoms with Crippen molar-refractivity contribution in [1.29, 1.82) is 0 Å². The molecular formula is C19H23NO5. The summed E-state index contributed by atoms with van der Waals surface area (Å²) in [5, 5.41) is 0. The molecular weight excluding hydrogens is 322 g/mol. The molecule has 134 valence electrons. The maximum atomic E-state index is 12.3. The van der Waals surface area contributed by atoms with Gasteiger partial charge in [-0.15, -0.1) is 0 Å². The number of ether oxygens (including phenoxy) is 3. The third-order valence-corrected chi connectivity index (χ3v) is 4.63. The molecule has 2 unspecified atom stereocenters. The smallest absolute Gasteiger partial charge is 0.331 e. The molecule has 2 heterocycles. The first kappa shape index (κ1) is 17.3. The average molecular weight is 345 g/mol. The molecule has 25 heavy (non-hydrogen) atoms. The summed E-state index contributed by atoms with van der Waals surface area (Å²) in [4.78, 5) is 26.0. The van der Waals surface area contributed by atoms with Crippen LogP contribution >= 0.6 is 0 Å². The number of piperidine rings is 1. The SMILES string of the molecule is CC1CCCC(C)N1C(=O)COC(=O)C=Cc1ccc2c(c1)OCO2. The van der Waals surface area contributed by atoms with Gasteiger partial charge in [0.15, 0.2) is 18.1 Å². The first-order valence-corrected chi connectivity index (χ1v) is 8.60. The summed E-state index contributed by atoms with van der Waals surface area (Å²) in [5.74, 6) is 0.668. The van der Waals surface area contributed by atoms with Crippen molar-refractivity contribution in [3.05, 3.63) is 29.8 Å². The zero-order valence-electron chi connectivity index (χ0n) is 14.6. The van der Waals surface area contributed by atoms with E-state index in [4.69, 9.17) is 14.2 Å². The molecule has 0 saturated carbocycles. The molecule has 0 aromatic heterocycles. The van der Waals surface area contributed by atoms with Gasteiger partial charge in [-0.25, -0.2) is 4.79 Å². The number of esters is 1. The number of carbonyl (C=O) groups excluding carboxylic acids is 2. The minimum Gasteiger partial charge on any atom is -0.454 e. The van der Waals surface area contributed by atoms with Gasteiger partial charge < -0.3 is 19.1 Å². The predicted molar refractivity (Wildman–Crippen MR) is 92.2 cm³/mol. The van der Waals surface area contributed by atoms with E-state index >= 15 is 0 Å². The normalized spacial score (nSPS) is 22.2. The van der Waals surface area contributed by atoms with Gasteiger partial charge in [-0.1, -0.05) is 6.07 Å². The van der Waals surface area contributed by atoms with Crippen LogP contribution in [0.3, 0.4) is 0 Å². The van der Waals surface area contributed by atoms with E-state index in [9.17, 15) is 9.59 Å². The number of carbonyl (C=O) groups is 2. The maximum Gasteiger partial charge on any atom is 0.331 e. The van der Waals surface area contributed by atoms with Gasteiger partial charge >= 0.3 is 5.97 Å². The second kappa shape index (κ2) is 7.59. The zero-order valence-corrected chi connectivity index (χ0v) is 14.6. The van der Waals surface area contributed by atoms with Crippen LogP contribution in [0.1, 0.15) is 38.7 Å². The topological polar surface area (TPSA) is 65.1 Å². The summed E-state index contributed by atoms with van der Waals surface area (Å²) in [6.07, 6.45) is 6.06. The molecule has 1 aromatic rings. The highest BCUT2D eigenvalue weighted by atomic mass is 16.7. The molecule has 1 amide bonds. The van der Waals surface area contributed by atoms with Crippen molar-refractivity contribution in [1.82, 2.24) is 4.90 Å². The van der Waals surface area contributed by atoms with E-state index in [1.165, 1.54) is 6.08 Å². The fraction of sp³-hybridized carbons (Fsp3) is 0.474. The molecule has 1 saturated heterocycles. The summed E-state index contributed by atoms with van der Waals surface area (Å²) >= 11 is 0. The van der Waals surface area contributed by atoms with Gasteiger partial charge in [0.25, 0.3) is 5.91 Å². The van der Waals surface area contributed by atoms with Gasteiger partial charge in [0.1, 0.15) is 0 Å². The highest BCUT2D eigenvalue weighted by Crippen LogP contribution is 2.32. The Bertz CT molecular complexity index is 674. The summed E-state index contributed by atoms with van der Waals surface area (Å²) < 4.78 is 15.6. The van der Waals surface area contributed by atoms with Crippen molar-refractivity contribution in [2.24, 2.45) is 0 Å². The van der Waals surface area contributed by atoms with E-state index in [1.807, 2.05) is 24.8 Å². The lowest BCUT2D eigenvalue weighted by atomic mass is 9.97. The standard InChI is InChI=1S/C19H23NO5/c1-13-4-3-5-14(2)20(13)18(21)11-23-19(22)9-7-15-6-8-16-17(10-15)25-12-24-16/h6-10,13-14H,3-5,11-12H2,1-2H3. The highest BCUT2D eigenvalue weighted by Gasteiger charge is 2.29. The summed E-state index contributed by atoms with van der Waals surface area (Å²) in [5.41, 5.74) is 0.797. The van der Waals surface area contributed by atoms with E-state index in [0.717, 1.165) is 24.8 Å². The van der Waals surface area contributed by atoms with Crippen LogP contribution in [-0.4, -0.2) is 42.3 Å². The Morgan fingerprint density at radius 3 is 2.68 bits per heavy atom. The summed E-state index contributed by atoms with van der Waals surface area (Å²) in [6.45, 7) is 4.06. The lowest BCUT2D eigenvalue weighted by Gasteiger charge is -2.38. The van der Waals surface area contributed by atoms with E-state index in [0.29, 0.717) is 11.5 Å². The van der Waals surface area contributed by atoms with Crippen molar-refractivity contribution >= 4 is 18.0 Å². The van der Waals surface area contributed by atoms with Crippen molar-refractivity contribution in [2.75, 3.05) is 13.4 Å². The summed E-state index contributed by atoms with van der Waals surface area (Å²) in [7, 11) is 0. The Morgan fingerprint density at radius 1 is 1.20 bits per heavy atom. The van der Waals surface area contributed by atoms with Gasteiger partial charge in [-0.3, -0.25) is 4.79 Å². The van der Waals surface area contributed by atoms with Gasteiger partial charge in [0.05, 0.1) is 0 Å². The number of benzene rings is 1. The number of hydrogen-bond donors (Lipinski definition) is 0. The summed E-state index contributed by atoms with van der Waals surface area (Å²) in [6, 6.07) is 5.78. The molecule has 1 fully saturated rings. The van der Waals surface area contributed by atoms with Crippen LogP contribution in [0, 0.1) is 0 Å². The number of likely N-dealkylation sites (tertiary alicyclic amines) is 1. The second-order valence-corrected chi connectivity index (χ2v) is 6.48. The number of amides is 1. The van der Waals surface area contributed by atoms with Crippen LogP contribution in [0.2, 0.25) is 0 Å². The average Bonchev–Trinajstić information content (AvgIpc) is 3.05. The third-order valence-electron chi connectivity index (χ3n) is 4.63. The Balaban J connectivity index is 1.51. The Morgan fingerprint density at radius 2 is 1.92 bits per heavy atom. The number of hydrogen-bond acceptors (Lipinski definition) is 5. The lowest BCUT2D eigenvalue weighted by molar-refractivity contribution is -0.151. The van der Waals surface area contributed by atoms with Gasteiger partial charge in [0, 0.05) is 18.2 Å². The first-order valence-electron chi connectivity index (χ1n) is 8.60. The molecule has 3 rings (SSSR count). The molecule has 0 bridgehead atoms. The highest BCUT2D eigenvalue weighted by molar-refractivity contribution is 5.89. The van der Waals surface area contributed by atoms with Gasteiger partial charge in [-0.2, -0.15) is 0 Å². The monoisotopic (exact) mass is 345 g/mol. The fourth-order valence-corrected chi connectivity index (χ4v) is 3.35. The number of fused-ring (bicyclic) bond motifs is 1. The molecule has 0 radical (unpaired) electrons. The third kappa shape index (κ3) is 4.13. The van der Waals surface area contributed by atoms with E-state index in [1.54, 1.807) is 18.2 Å². The van der Waals surface area contributed by atoms with Crippen molar-refractivity contribution < 1.29 is 23.8 Å². The first-order chi connectivity index (χ1) is 12.0. The van der Waals surface area contributed by atoms with Gasteiger partial charge in [-0.05, 0) is 56.9 Å². The molecule has 2 aliphatic heterocycles. The van der Waals surface area contributed by atoms with Crippen molar-refractivity contribution in [3.63, 3.8) is 0 Å². The van der Waals surface area contributed by atoms with Crippen LogP contribution in [0.5, 0.6) is 11.5 Å². The van der Waals surface area contributed by atoms with Crippen molar-refractivity contribution in [3.8, 4) is 11.5 Å². The Hall–Kier alpha value is -2.50. The van der Waals surface area contributed by atoms with Crippen molar-refractivity contribution in [2.45, 2.75) is 45.2 Å². The van der Waals surface area contributed by atoms with E-state index < -0.39 is 5.97 Å². The lowest BCUT2D eigenvalue weighted by Crippen LogP contribution is -2.49. The fourth-order valence-electron chi connectivity index (χ4n) is 3.35. The molecule has 2 aliphatic rings. The van der Waals surface area contributed by atoms with Crippen LogP contribution in [-0.2, 0) is 14.3 Å². The molecule has 0 aliphatic carbocycles. The minimum absolute atomic E-state index is 0.135. The van der Waals surface area contributed by atoms with E-state index in [-0.39, 0.29) is 31.4 Å².